The highest BCUT2D eigenvalue weighted by molar-refractivity contribution is 5.92. The van der Waals surface area contributed by atoms with E-state index in [1.165, 1.54) is 6.33 Å². The molecule has 0 bridgehead atoms. The summed E-state index contributed by atoms with van der Waals surface area (Å²) in [5, 5.41) is 13.7. The number of nitrogens with one attached hydrogen (secondary N) is 2. The Morgan fingerprint density at radius 2 is 2.21 bits per heavy atom. The van der Waals surface area contributed by atoms with Crippen molar-refractivity contribution in [2.24, 2.45) is 0 Å². The SMILES string of the molecule is CC(Cn1cncn1)NC(=O)c1cc(COc2ccccc2)[nH]n1. The Balaban J connectivity index is 1.51. The number of ether oxygens (including phenoxy) is 1. The van der Waals surface area contributed by atoms with E-state index in [1.807, 2.05) is 37.3 Å². The molecule has 0 aliphatic heterocycles. The van der Waals surface area contributed by atoms with E-state index in [2.05, 4.69) is 25.6 Å². The third-order valence-electron chi connectivity index (χ3n) is 3.31. The maximum absolute atomic E-state index is 12.2. The molecule has 0 fully saturated rings. The minimum atomic E-state index is -0.246. The summed E-state index contributed by atoms with van der Waals surface area (Å²) >= 11 is 0. The van der Waals surface area contributed by atoms with Gasteiger partial charge in [0.1, 0.15) is 30.7 Å². The predicted octanol–water partition coefficient (Wildman–Crippen LogP) is 1.40. The van der Waals surface area contributed by atoms with Crippen molar-refractivity contribution < 1.29 is 9.53 Å². The number of aromatic amines is 1. The van der Waals surface area contributed by atoms with Gasteiger partial charge in [-0.3, -0.25) is 14.6 Å². The van der Waals surface area contributed by atoms with Gasteiger partial charge in [0, 0.05) is 6.04 Å². The van der Waals surface area contributed by atoms with Gasteiger partial charge in [0.25, 0.3) is 5.91 Å². The summed E-state index contributed by atoms with van der Waals surface area (Å²) in [6.07, 6.45) is 3.07. The Morgan fingerprint density at radius 3 is 2.96 bits per heavy atom. The molecule has 124 valence electrons. The summed E-state index contributed by atoms with van der Waals surface area (Å²) in [5.74, 6) is 0.518. The van der Waals surface area contributed by atoms with Gasteiger partial charge in [-0.25, -0.2) is 4.98 Å². The van der Waals surface area contributed by atoms with Crippen LogP contribution in [0.15, 0.2) is 49.1 Å². The highest BCUT2D eigenvalue weighted by atomic mass is 16.5. The smallest absolute Gasteiger partial charge is 0.272 e. The van der Waals surface area contributed by atoms with E-state index in [1.54, 1.807) is 17.1 Å². The van der Waals surface area contributed by atoms with Crippen molar-refractivity contribution in [3.05, 3.63) is 60.4 Å². The molecule has 2 heterocycles. The number of aromatic nitrogens is 5. The quantitative estimate of drug-likeness (QED) is 0.684. The van der Waals surface area contributed by atoms with E-state index in [-0.39, 0.29) is 11.9 Å². The van der Waals surface area contributed by atoms with E-state index in [4.69, 9.17) is 4.74 Å². The van der Waals surface area contributed by atoms with Crippen molar-refractivity contribution in [1.29, 1.82) is 0 Å². The third-order valence-corrected chi connectivity index (χ3v) is 3.31. The molecule has 0 radical (unpaired) electrons. The van der Waals surface area contributed by atoms with Crippen LogP contribution in [-0.2, 0) is 13.2 Å². The second-order valence-electron chi connectivity index (χ2n) is 5.37. The minimum absolute atomic E-state index is 0.0973. The maximum atomic E-state index is 12.2. The van der Waals surface area contributed by atoms with Gasteiger partial charge in [0.15, 0.2) is 0 Å². The fourth-order valence-electron chi connectivity index (χ4n) is 2.18. The molecule has 0 aliphatic rings. The maximum Gasteiger partial charge on any atom is 0.272 e. The third kappa shape index (κ3) is 4.19. The fraction of sp³-hybridized carbons (Fsp3) is 0.250. The van der Waals surface area contributed by atoms with E-state index in [0.717, 1.165) is 11.4 Å². The number of nitrogens with zero attached hydrogens (tertiary/aromatic N) is 4. The molecule has 3 aromatic rings. The Kier molecular flexibility index (Phi) is 4.85. The van der Waals surface area contributed by atoms with Gasteiger partial charge in [-0.05, 0) is 25.1 Å². The standard InChI is InChI=1S/C16H18N6O2/c1-12(8-22-11-17-10-18-22)19-16(23)15-7-13(20-21-15)9-24-14-5-3-2-4-6-14/h2-7,10-12H,8-9H2,1H3,(H,19,23)(H,20,21). The molecule has 3 rings (SSSR count). The first kappa shape index (κ1) is 15.7. The van der Waals surface area contributed by atoms with Gasteiger partial charge in [-0.2, -0.15) is 10.2 Å². The molecule has 1 aromatic carbocycles. The number of rotatable bonds is 7. The topological polar surface area (TPSA) is 97.7 Å². The molecule has 0 saturated heterocycles. The van der Waals surface area contributed by atoms with E-state index in [0.29, 0.717) is 18.8 Å². The summed E-state index contributed by atoms with van der Waals surface area (Å²) in [4.78, 5) is 16.1. The molecular weight excluding hydrogens is 308 g/mol. The average molecular weight is 326 g/mol. The molecule has 1 unspecified atom stereocenters. The van der Waals surface area contributed by atoms with Crippen LogP contribution in [0.4, 0.5) is 0 Å². The van der Waals surface area contributed by atoms with Crippen LogP contribution in [0.5, 0.6) is 5.75 Å². The van der Waals surface area contributed by atoms with Gasteiger partial charge < -0.3 is 10.1 Å². The first-order valence-corrected chi connectivity index (χ1v) is 7.56. The summed E-state index contributed by atoms with van der Waals surface area (Å²) in [6.45, 7) is 2.75. The first-order chi connectivity index (χ1) is 11.7. The molecule has 1 atom stereocenters. The number of carbonyl (C=O) groups is 1. The monoisotopic (exact) mass is 326 g/mol. The van der Waals surface area contributed by atoms with Crippen molar-refractivity contribution >= 4 is 5.91 Å². The summed E-state index contributed by atoms with van der Waals surface area (Å²) in [5.41, 5.74) is 1.06. The molecule has 24 heavy (non-hydrogen) atoms. The largest absolute Gasteiger partial charge is 0.487 e. The number of hydrogen-bond donors (Lipinski definition) is 2. The molecule has 8 heteroatoms. The summed E-state index contributed by atoms with van der Waals surface area (Å²) < 4.78 is 7.28. The van der Waals surface area contributed by atoms with Crippen molar-refractivity contribution in [3.63, 3.8) is 0 Å². The van der Waals surface area contributed by atoms with Crippen molar-refractivity contribution in [3.8, 4) is 5.75 Å². The zero-order valence-corrected chi connectivity index (χ0v) is 13.2. The first-order valence-electron chi connectivity index (χ1n) is 7.56. The zero-order valence-electron chi connectivity index (χ0n) is 13.2. The van der Waals surface area contributed by atoms with Crippen molar-refractivity contribution in [2.75, 3.05) is 0 Å². The van der Waals surface area contributed by atoms with Crippen molar-refractivity contribution in [2.45, 2.75) is 26.1 Å². The second-order valence-corrected chi connectivity index (χ2v) is 5.37. The molecule has 0 aliphatic carbocycles. The van der Waals surface area contributed by atoms with Gasteiger partial charge in [-0.15, -0.1) is 0 Å². The van der Waals surface area contributed by atoms with Crippen LogP contribution < -0.4 is 10.1 Å². The Morgan fingerprint density at radius 1 is 1.38 bits per heavy atom. The Bertz CT molecular complexity index is 769. The average Bonchev–Trinajstić information content (AvgIpc) is 3.25. The van der Waals surface area contributed by atoms with E-state index >= 15 is 0 Å². The minimum Gasteiger partial charge on any atom is -0.487 e. The zero-order chi connectivity index (χ0) is 16.8. The van der Waals surface area contributed by atoms with Crippen LogP contribution in [0.2, 0.25) is 0 Å². The summed E-state index contributed by atoms with van der Waals surface area (Å²) in [6, 6.07) is 11.0. The van der Waals surface area contributed by atoms with Gasteiger partial charge in [0.2, 0.25) is 0 Å². The van der Waals surface area contributed by atoms with Gasteiger partial charge in [0.05, 0.1) is 12.2 Å². The van der Waals surface area contributed by atoms with E-state index in [9.17, 15) is 4.79 Å². The number of H-pyrrole nitrogens is 1. The predicted molar refractivity (Wildman–Crippen MR) is 86.3 cm³/mol. The van der Waals surface area contributed by atoms with Crippen LogP contribution in [0.3, 0.4) is 0 Å². The normalized spacial score (nSPS) is 11.9. The number of carbonyl (C=O) groups excluding carboxylic acids is 1. The second kappa shape index (κ2) is 7.40. The molecule has 0 saturated carbocycles. The summed E-state index contributed by atoms with van der Waals surface area (Å²) in [7, 11) is 0. The lowest BCUT2D eigenvalue weighted by Crippen LogP contribution is -2.36. The van der Waals surface area contributed by atoms with Gasteiger partial charge in [-0.1, -0.05) is 18.2 Å². The van der Waals surface area contributed by atoms with Crippen LogP contribution in [0.1, 0.15) is 23.1 Å². The number of benzene rings is 1. The molecule has 0 spiro atoms. The molecule has 1 amide bonds. The molecule has 8 nitrogen and oxygen atoms in total. The van der Waals surface area contributed by atoms with Crippen LogP contribution in [0, 0.1) is 0 Å². The van der Waals surface area contributed by atoms with Crippen LogP contribution in [0.25, 0.3) is 0 Å². The molecule has 2 aromatic heterocycles. The lowest BCUT2D eigenvalue weighted by molar-refractivity contribution is 0.0931. The lowest BCUT2D eigenvalue weighted by Gasteiger charge is -2.12. The number of hydrogen-bond acceptors (Lipinski definition) is 5. The number of amides is 1. The Hall–Kier alpha value is -3.16. The van der Waals surface area contributed by atoms with Crippen LogP contribution in [-0.4, -0.2) is 36.9 Å². The van der Waals surface area contributed by atoms with Crippen molar-refractivity contribution in [1.82, 2.24) is 30.3 Å². The Labute approximate surface area is 138 Å². The van der Waals surface area contributed by atoms with Crippen LogP contribution >= 0.6 is 0 Å². The van der Waals surface area contributed by atoms with Gasteiger partial charge >= 0.3 is 0 Å². The molecular formula is C16H18N6O2. The highest BCUT2D eigenvalue weighted by Gasteiger charge is 2.14. The molecule has 2 N–H and O–H groups in total. The number of para-hydroxylation sites is 1. The van der Waals surface area contributed by atoms with E-state index < -0.39 is 0 Å². The lowest BCUT2D eigenvalue weighted by atomic mass is 10.3. The highest BCUT2D eigenvalue weighted by Crippen LogP contribution is 2.11. The fourth-order valence-corrected chi connectivity index (χ4v) is 2.18.